The summed E-state index contributed by atoms with van der Waals surface area (Å²) in [5.41, 5.74) is 0. The van der Waals surface area contributed by atoms with Crippen LogP contribution in [0.15, 0.2) is 11.6 Å². The lowest BCUT2D eigenvalue weighted by Gasteiger charge is -2.32. The van der Waals surface area contributed by atoms with Crippen LogP contribution in [0.1, 0.15) is 26.7 Å². The topological polar surface area (TPSA) is 28.2 Å². The van der Waals surface area contributed by atoms with Gasteiger partial charge in [-0.25, -0.2) is 4.98 Å². The third kappa shape index (κ3) is 3.19. The number of rotatable bonds is 4. The van der Waals surface area contributed by atoms with Crippen molar-refractivity contribution in [1.82, 2.24) is 10.3 Å². The number of anilines is 1. The molecule has 1 fully saturated rings. The maximum atomic E-state index is 4.36. The second kappa shape index (κ2) is 5.64. The van der Waals surface area contributed by atoms with Crippen molar-refractivity contribution in [2.24, 2.45) is 5.92 Å². The largest absolute Gasteiger partial charge is 0.348 e. The van der Waals surface area contributed by atoms with Gasteiger partial charge in [-0.1, -0.05) is 13.8 Å². The summed E-state index contributed by atoms with van der Waals surface area (Å²) in [7, 11) is 0. The van der Waals surface area contributed by atoms with Gasteiger partial charge in [0, 0.05) is 30.7 Å². The molecule has 0 bridgehead atoms. The Hall–Kier alpha value is -0.610. The Morgan fingerprint density at radius 2 is 2.25 bits per heavy atom. The van der Waals surface area contributed by atoms with E-state index in [2.05, 4.69) is 34.4 Å². The molecule has 0 aliphatic carbocycles. The average molecular weight is 239 g/mol. The van der Waals surface area contributed by atoms with Crippen molar-refractivity contribution < 1.29 is 0 Å². The van der Waals surface area contributed by atoms with Crippen LogP contribution in [0.3, 0.4) is 0 Å². The van der Waals surface area contributed by atoms with E-state index in [-0.39, 0.29) is 0 Å². The molecule has 0 radical (unpaired) electrons. The van der Waals surface area contributed by atoms with E-state index in [1.54, 1.807) is 11.3 Å². The van der Waals surface area contributed by atoms with Gasteiger partial charge in [-0.3, -0.25) is 0 Å². The molecule has 1 N–H and O–H groups in total. The molecule has 0 amide bonds. The Morgan fingerprint density at radius 3 is 2.81 bits per heavy atom. The van der Waals surface area contributed by atoms with Gasteiger partial charge in [-0.05, 0) is 25.3 Å². The molecule has 2 rings (SSSR count). The van der Waals surface area contributed by atoms with Crippen molar-refractivity contribution in [2.45, 2.75) is 32.7 Å². The minimum absolute atomic E-state index is 0.707. The number of hydrogen-bond acceptors (Lipinski definition) is 4. The van der Waals surface area contributed by atoms with Crippen LogP contribution >= 0.6 is 11.3 Å². The van der Waals surface area contributed by atoms with Crippen molar-refractivity contribution in [2.75, 3.05) is 24.5 Å². The van der Waals surface area contributed by atoms with E-state index in [4.69, 9.17) is 0 Å². The van der Waals surface area contributed by atoms with Gasteiger partial charge in [0.25, 0.3) is 0 Å². The van der Waals surface area contributed by atoms with Crippen LogP contribution in [0.2, 0.25) is 0 Å². The SMILES string of the molecule is CC(C)CNC1CCN(c2nccs2)CC1. The summed E-state index contributed by atoms with van der Waals surface area (Å²) < 4.78 is 0. The van der Waals surface area contributed by atoms with Crippen LogP contribution in [0.25, 0.3) is 0 Å². The molecule has 0 unspecified atom stereocenters. The summed E-state index contributed by atoms with van der Waals surface area (Å²) in [6.07, 6.45) is 4.38. The zero-order valence-corrected chi connectivity index (χ0v) is 11.0. The van der Waals surface area contributed by atoms with Crippen LogP contribution in [0.4, 0.5) is 5.13 Å². The van der Waals surface area contributed by atoms with Gasteiger partial charge in [0.15, 0.2) is 5.13 Å². The normalized spacial score (nSPS) is 18.3. The van der Waals surface area contributed by atoms with E-state index in [1.807, 2.05) is 6.20 Å². The zero-order chi connectivity index (χ0) is 11.4. The summed E-state index contributed by atoms with van der Waals surface area (Å²) in [6, 6.07) is 0.707. The van der Waals surface area contributed by atoms with Gasteiger partial charge in [0.2, 0.25) is 0 Å². The first kappa shape index (κ1) is 11.9. The molecule has 0 saturated carbocycles. The maximum absolute atomic E-state index is 4.36. The van der Waals surface area contributed by atoms with Crippen molar-refractivity contribution in [3.05, 3.63) is 11.6 Å². The predicted octanol–water partition coefficient (Wildman–Crippen LogP) is 2.36. The number of piperidine rings is 1. The number of nitrogens with zero attached hydrogens (tertiary/aromatic N) is 2. The lowest BCUT2D eigenvalue weighted by atomic mass is 10.0. The lowest BCUT2D eigenvalue weighted by molar-refractivity contribution is 0.392. The second-order valence-corrected chi connectivity index (χ2v) is 5.75. The van der Waals surface area contributed by atoms with E-state index in [0.717, 1.165) is 25.6 Å². The standard InChI is InChI=1S/C12H21N3S/c1-10(2)9-14-11-3-6-15(7-4-11)12-13-5-8-16-12/h5,8,10-11,14H,3-4,6-7,9H2,1-2H3. The molecular weight excluding hydrogens is 218 g/mol. The monoisotopic (exact) mass is 239 g/mol. The highest BCUT2D eigenvalue weighted by Gasteiger charge is 2.20. The summed E-state index contributed by atoms with van der Waals surface area (Å²) in [5.74, 6) is 0.747. The first-order valence-electron chi connectivity index (χ1n) is 6.13. The third-order valence-electron chi connectivity index (χ3n) is 3.00. The van der Waals surface area contributed by atoms with Gasteiger partial charge in [0.05, 0.1) is 0 Å². The van der Waals surface area contributed by atoms with Crippen LogP contribution in [0.5, 0.6) is 0 Å². The molecule has 1 saturated heterocycles. The maximum Gasteiger partial charge on any atom is 0.185 e. The Labute approximate surface area is 102 Å². The van der Waals surface area contributed by atoms with Gasteiger partial charge >= 0.3 is 0 Å². The van der Waals surface area contributed by atoms with Gasteiger partial charge in [0.1, 0.15) is 0 Å². The molecule has 0 aromatic carbocycles. The molecular formula is C12H21N3S. The fourth-order valence-electron chi connectivity index (χ4n) is 2.05. The van der Waals surface area contributed by atoms with Crippen molar-refractivity contribution in [3.63, 3.8) is 0 Å². The number of aromatic nitrogens is 1. The molecule has 90 valence electrons. The van der Waals surface area contributed by atoms with E-state index in [0.29, 0.717) is 6.04 Å². The van der Waals surface area contributed by atoms with E-state index in [9.17, 15) is 0 Å². The highest BCUT2D eigenvalue weighted by atomic mass is 32.1. The van der Waals surface area contributed by atoms with Gasteiger partial charge in [-0.2, -0.15) is 0 Å². The number of thiazole rings is 1. The summed E-state index contributed by atoms with van der Waals surface area (Å²) in [6.45, 7) is 7.95. The van der Waals surface area contributed by atoms with Crippen LogP contribution < -0.4 is 10.2 Å². The highest BCUT2D eigenvalue weighted by molar-refractivity contribution is 7.13. The molecule has 1 aliphatic rings. The molecule has 16 heavy (non-hydrogen) atoms. The zero-order valence-electron chi connectivity index (χ0n) is 10.1. The lowest BCUT2D eigenvalue weighted by Crippen LogP contribution is -2.43. The van der Waals surface area contributed by atoms with Crippen molar-refractivity contribution in [3.8, 4) is 0 Å². The smallest absolute Gasteiger partial charge is 0.185 e. The first-order chi connectivity index (χ1) is 7.75. The fraction of sp³-hybridized carbons (Fsp3) is 0.750. The first-order valence-corrected chi connectivity index (χ1v) is 7.01. The molecule has 1 aliphatic heterocycles. The third-order valence-corrected chi connectivity index (χ3v) is 3.83. The van der Waals surface area contributed by atoms with Crippen LogP contribution in [-0.2, 0) is 0 Å². The molecule has 2 heterocycles. The van der Waals surface area contributed by atoms with E-state index >= 15 is 0 Å². The molecule has 1 aromatic heterocycles. The minimum atomic E-state index is 0.707. The quantitative estimate of drug-likeness (QED) is 0.874. The number of hydrogen-bond donors (Lipinski definition) is 1. The van der Waals surface area contributed by atoms with Gasteiger partial charge in [-0.15, -0.1) is 11.3 Å². The Balaban J connectivity index is 1.74. The summed E-state index contributed by atoms with van der Waals surface area (Å²) >= 11 is 1.74. The highest BCUT2D eigenvalue weighted by Crippen LogP contribution is 2.21. The predicted molar refractivity (Wildman–Crippen MR) is 70.2 cm³/mol. The number of nitrogens with one attached hydrogen (secondary N) is 1. The second-order valence-electron chi connectivity index (χ2n) is 4.88. The molecule has 0 atom stereocenters. The molecule has 0 spiro atoms. The Bertz CT molecular complexity index is 289. The summed E-state index contributed by atoms with van der Waals surface area (Å²) in [4.78, 5) is 6.76. The Morgan fingerprint density at radius 1 is 1.50 bits per heavy atom. The van der Waals surface area contributed by atoms with Gasteiger partial charge < -0.3 is 10.2 Å². The molecule has 1 aromatic rings. The molecule has 3 nitrogen and oxygen atoms in total. The van der Waals surface area contributed by atoms with Crippen molar-refractivity contribution in [1.29, 1.82) is 0 Å². The Kier molecular flexibility index (Phi) is 4.18. The van der Waals surface area contributed by atoms with Crippen LogP contribution in [0, 0.1) is 5.92 Å². The summed E-state index contributed by atoms with van der Waals surface area (Å²) in [5, 5.41) is 6.88. The van der Waals surface area contributed by atoms with E-state index in [1.165, 1.54) is 18.0 Å². The minimum Gasteiger partial charge on any atom is -0.348 e. The van der Waals surface area contributed by atoms with Crippen LogP contribution in [-0.4, -0.2) is 30.7 Å². The fourth-order valence-corrected chi connectivity index (χ4v) is 2.75. The van der Waals surface area contributed by atoms with E-state index < -0.39 is 0 Å². The molecule has 4 heteroatoms. The average Bonchev–Trinajstić information content (AvgIpc) is 2.80. The van der Waals surface area contributed by atoms with Crippen molar-refractivity contribution >= 4 is 16.5 Å².